The molecule has 0 aliphatic heterocycles. The number of carbonyl (C=O) groups is 1. The summed E-state index contributed by atoms with van der Waals surface area (Å²) in [4.78, 5) is 22.8. The van der Waals surface area contributed by atoms with Gasteiger partial charge in [0.25, 0.3) is 5.91 Å². The molecule has 0 saturated carbocycles. The first-order valence-electron chi connectivity index (χ1n) is 8.18. The van der Waals surface area contributed by atoms with E-state index in [1.807, 2.05) is 42.3 Å². The highest BCUT2D eigenvalue weighted by Gasteiger charge is 2.10. The lowest BCUT2D eigenvalue weighted by atomic mass is 10.2. The Morgan fingerprint density at radius 2 is 1.69 bits per heavy atom. The molecule has 6 nitrogen and oxygen atoms in total. The van der Waals surface area contributed by atoms with Crippen LogP contribution < -0.4 is 15.0 Å². The van der Waals surface area contributed by atoms with Crippen LogP contribution in [0, 0.1) is 0 Å². The summed E-state index contributed by atoms with van der Waals surface area (Å²) in [5.74, 6) is 1.04. The Balaban J connectivity index is 1.63. The van der Waals surface area contributed by atoms with Crippen molar-refractivity contribution in [2.75, 3.05) is 24.4 Å². The van der Waals surface area contributed by atoms with E-state index in [1.165, 1.54) is 18.0 Å². The minimum atomic E-state index is -0.257. The number of hydrogen-bond acceptors (Lipinski definition) is 5. The van der Waals surface area contributed by atoms with Crippen molar-refractivity contribution in [2.45, 2.75) is 6.54 Å². The van der Waals surface area contributed by atoms with Crippen molar-refractivity contribution in [3.63, 3.8) is 0 Å². The molecule has 0 radical (unpaired) electrons. The summed E-state index contributed by atoms with van der Waals surface area (Å²) in [5, 5.41) is 2.81. The smallest absolute Gasteiger partial charge is 0.258 e. The second-order valence-electron chi connectivity index (χ2n) is 5.80. The molecule has 0 saturated heterocycles. The second-order valence-corrected chi connectivity index (χ2v) is 5.80. The number of nitrogens with zero attached hydrogens (tertiary/aromatic N) is 3. The van der Waals surface area contributed by atoms with Crippen LogP contribution in [0.1, 0.15) is 15.9 Å². The Morgan fingerprint density at radius 3 is 2.31 bits per heavy atom. The van der Waals surface area contributed by atoms with Gasteiger partial charge in [0.1, 0.15) is 5.75 Å². The molecule has 3 aromatic rings. The highest BCUT2D eigenvalue weighted by atomic mass is 16.5. The predicted octanol–water partition coefficient (Wildman–Crippen LogP) is 3.37. The van der Waals surface area contributed by atoms with E-state index in [0.29, 0.717) is 23.7 Å². The van der Waals surface area contributed by atoms with Crippen LogP contribution in [0.4, 0.5) is 11.6 Å². The molecule has 1 amide bonds. The van der Waals surface area contributed by atoms with Gasteiger partial charge in [-0.05, 0) is 29.8 Å². The third-order valence-electron chi connectivity index (χ3n) is 3.85. The molecular weight excluding hydrogens is 328 g/mol. The molecule has 2 aromatic carbocycles. The molecule has 0 aliphatic carbocycles. The van der Waals surface area contributed by atoms with Gasteiger partial charge in [0.2, 0.25) is 5.95 Å². The van der Waals surface area contributed by atoms with Crippen molar-refractivity contribution in [3.05, 3.63) is 78.1 Å². The average Bonchev–Trinajstić information content (AvgIpc) is 2.69. The summed E-state index contributed by atoms with van der Waals surface area (Å²) in [6.07, 6.45) is 3.06. The van der Waals surface area contributed by atoms with Crippen LogP contribution in [0.5, 0.6) is 5.75 Å². The van der Waals surface area contributed by atoms with Crippen molar-refractivity contribution in [3.8, 4) is 5.75 Å². The summed E-state index contributed by atoms with van der Waals surface area (Å²) in [6.45, 7) is 0.693. The zero-order chi connectivity index (χ0) is 18.4. The molecule has 0 bridgehead atoms. The molecule has 6 heteroatoms. The number of benzene rings is 2. The maximum Gasteiger partial charge on any atom is 0.258 e. The van der Waals surface area contributed by atoms with Crippen LogP contribution >= 0.6 is 0 Å². The van der Waals surface area contributed by atoms with E-state index in [0.717, 1.165) is 5.75 Å². The Hall–Kier alpha value is -3.41. The van der Waals surface area contributed by atoms with Crippen LogP contribution in [-0.4, -0.2) is 30.0 Å². The summed E-state index contributed by atoms with van der Waals surface area (Å²) < 4.78 is 5.10. The van der Waals surface area contributed by atoms with Crippen molar-refractivity contribution >= 4 is 17.5 Å². The normalized spacial score (nSPS) is 10.2. The summed E-state index contributed by atoms with van der Waals surface area (Å²) in [7, 11) is 3.51. The standard InChI is InChI=1S/C20H20N4O2/c1-24(14-15-6-4-3-5-7-15)20-21-12-16(13-22-20)19(25)23-17-8-10-18(26-2)11-9-17/h3-13H,14H2,1-2H3,(H,23,25). The largest absolute Gasteiger partial charge is 0.497 e. The van der Waals surface area contributed by atoms with Crippen LogP contribution in [-0.2, 0) is 6.54 Å². The van der Waals surface area contributed by atoms with Gasteiger partial charge in [-0.15, -0.1) is 0 Å². The molecule has 26 heavy (non-hydrogen) atoms. The van der Waals surface area contributed by atoms with E-state index >= 15 is 0 Å². The third kappa shape index (κ3) is 4.36. The molecule has 1 aromatic heterocycles. The number of nitrogens with one attached hydrogen (secondary N) is 1. The lowest BCUT2D eigenvalue weighted by Crippen LogP contribution is -2.20. The Bertz CT molecular complexity index is 849. The molecular formula is C20H20N4O2. The zero-order valence-electron chi connectivity index (χ0n) is 14.7. The molecule has 1 heterocycles. The number of anilines is 2. The number of methoxy groups -OCH3 is 1. The van der Waals surface area contributed by atoms with E-state index in [-0.39, 0.29) is 5.91 Å². The molecule has 3 rings (SSSR count). The number of aromatic nitrogens is 2. The van der Waals surface area contributed by atoms with E-state index < -0.39 is 0 Å². The van der Waals surface area contributed by atoms with E-state index in [4.69, 9.17) is 4.74 Å². The van der Waals surface area contributed by atoms with E-state index in [2.05, 4.69) is 15.3 Å². The molecule has 132 valence electrons. The van der Waals surface area contributed by atoms with E-state index in [9.17, 15) is 4.79 Å². The number of rotatable bonds is 6. The highest BCUT2D eigenvalue weighted by Crippen LogP contribution is 2.16. The van der Waals surface area contributed by atoms with Gasteiger partial charge in [0.05, 0.1) is 12.7 Å². The fraction of sp³-hybridized carbons (Fsp3) is 0.150. The first-order valence-corrected chi connectivity index (χ1v) is 8.18. The van der Waals surface area contributed by atoms with Gasteiger partial charge in [-0.25, -0.2) is 9.97 Å². The van der Waals surface area contributed by atoms with Gasteiger partial charge in [-0.3, -0.25) is 4.79 Å². The molecule has 0 atom stereocenters. The van der Waals surface area contributed by atoms with E-state index in [1.54, 1.807) is 31.4 Å². The van der Waals surface area contributed by atoms with Crippen molar-refractivity contribution in [1.82, 2.24) is 9.97 Å². The first kappa shape index (κ1) is 17.4. The van der Waals surface area contributed by atoms with Crippen LogP contribution in [0.15, 0.2) is 67.0 Å². The minimum absolute atomic E-state index is 0.257. The number of hydrogen-bond donors (Lipinski definition) is 1. The van der Waals surface area contributed by atoms with Gasteiger partial charge in [-0.2, -0.15) is 0 Å². The SMILES string of the molecule is COc1ccc(NC(=O)c2cnc(N(C)Cc3ccccc3)nc2)cc1. The topological polar surface area (TPSA) is 67.3 Å². The Kier molecular flexibility index (Phi) is 5.43. The molecule has 0 aliphatic rings. The van der Waals surface area contributed by atoms with Crippen molar-refractivity contribution in [2.24, 2.45) is 0 Å². The summed E-state index contributed by atoms with van der Waals surface area (Å²) >= 11 is 0. The van der Waals surface area contributed by atoms with Crippen LogP contribution in [0.25, 0.3) is 0 Å². The average molecular weight is 348 g/mol. The van der Waals surface area contributed by atoms with Crippen LogP contribution in [0.2, 0.25) is 0 Å². The summed E-state index contributed by atoms with van der Waals surface area (Å²) in [6, 6.07) is 17.2. The monoisotopic (exact) mass is 348 g/mol. The van der Waals surface area contributed by atoms with Crippen LogP contribution in [0.3, 0.4) is 0 Å². The molecule has 0 fully saturated rings. The minimum Gasteiger partial charge on any atom is -0.497 e. The highest BCUT2D eigenvalue weighted by molar-refractivity contribution is 6.03. The maximum absolute atomic E-state index is 12.3. The van der Waals surface area contributed by atoms with Crippen molar-refractivity contribution in [1.29, 1.82) is 0 Å². The fourth-order valence-electron chi connectivity index (χ4n) is 2.44. The Labute approximate surface area is 152 Å². The lowest BCUT2D eigenvalue weighted by molar-refractivity contribution is 0.102. The molecule has 0 unspecified atom stereocenters. The van der Waals surface area contributed by atoms with Gasteiger partial charge >= 0.3 is 0 Å². The third-order valence-corrected chi connectivity index (χ3v) is 3.85. The first-order chi connectivity index (χ1) is 12.7. The maximum atomic E-state index is 12.3. The summed E-state index contributed by atoms with van der Waals surface area (Å²) in [5.41, 5.74) is 2.25. The lowest BCUT2D eigenvalue weighted by Gasteiger charge is -2.17. The predicted molar refractivity (Wildman–Crippen MR) is 102 cm³/mol. The quantitative estimate of drug-likeness (QED) is 0.740. The number of carbonyl (C=O) groups excluding carboxylic acids is 1. The van der Waals surface area contributed by atoms with Crippen molar-refractivity contribution < 1.29 is 9.53 Å². The molecule has 0 spiro atoms. The molecule has 1 N–H and O–H groups in total. The van der Waals surface area contributed by atoms with Gasteiger partial charge in [-0.1, -0.05) is 30.3 Å². The fourth-order valence-corrected chi connectivity index (χ4v) is 2.44. The van der Waals surface area contributed by atoms with Gasteiger partial charge < -0.3 is 15.0 Å². The Morgan fingerprint density at radius 1 is 1.04 bits per heavy atom. The number of ether oxygens (including phenoxy) is 1. The number of amides is 1. The van der Waals surface area contributed by atoms with Gasteiger partial charge in [0, 0.05) is 31.7 Å². The second kappa shape index (κ2) is 8.11. The zero-order valence-corrected chi connectivity index (χ0v) is 14.7. The van der Waals surface area contributed by atoms with Gasteiger partial charge in [0.15, 0.2) is 0 Å².